The number of benzene rings is 1. The summed E-state index contributed by atoms with van der Waals surface area (Å²) in [6.45, 7) is 0. The van der Waals surface area contributed by atoms with Crippen molar-refractivity contribution < 1.29 is 24.8 Å². The minimum atomic E-state index is -1.21. The molecule has 1 aromatic carbocycles. The van der Waals surface area contributed by atoms with E-state index in [-0.39, 0.29) is 0 Å². The lowest BCUT2D eigenvalue weighted by atomic mass is 10.1. The Labute approximate surface area is 144 Å². The molecule has 4 atom stereocenters. The highest BCUT2D eigenvalue weighted by molar-refractivity contribution is 7.99. The number of thioether (sulfide) groups is 1. The number of hydrogen-bond donors (Lipinski definition) is 3. The van der Waals surface area contributed by atoms with E-state index in [1.54, 1.807) is 19.4 Å². The predicted octanol–water partition coefficient (Wildman–Crippen LogP) is 1.29. The van der Waals surface area contributed by atoms with Gasteiger partial charge >= 0.3 is 0 Å². The molecule has 0 spiro atoms. The van der Waals surface area contributed by atoms with Gasteiger partial charge in [0.25, 0.3) is 0 Å². The summed E-state index contributed by atoms with van der Waals surface area (Å²) in [6, 6.07) is 11.1. The fraction of sp³-hybridized carbons (Fsp3) is 0.353. The SMILES string of the molecule is COc1ncccc1-c1cccc(O[C@H]2SC[C@@H](O)[C@H](O)[C@H]2O)c1. The van der Waals surface area contributed by atoms with Crippen LogP contribution in [0.1, 0.15) is 0 Å². The Morgan fingerprint density at radius 2 is 1.96 bits per heavy atom. The summed E-state index contributed by atoms with van der Waals surface area (Å²) in [5.41, 5.74) is 1.06. The fourth-order valence-corrected chi connectivity index (χ4v) is 3.65. The molecular formula is C17H19NO5S. The van der Waals surface area contributed by atoms with Crippen LogP contribution in [0.5, 0.6) is 11.6 Å². The zero-order chi connectivity index (χ0) is 17.1. The summed E-state index contributed by atoms with van der Waals surface area (Å²) < 4.78 is 11.1. The smallest absolute Gasteiger partial charge is 0.221 e. The van der Waals surface area contributed by atoms with Crippen molar-refractivity contribution in [3.05, 3.63) is 42.6 Å². The number of aliphatic hydroxyl groups excluding tert-OH is 3. The van der Waals surface area contributed by atoms with Crippen LogP contribution < -0.4 is 9.47 Å². The zero-order valence-corrected chi connectivity index (χ0v) is 13.9. The quantitative estimate of drug-likeness (QED) is 0.766. The highest BCUT2D eigenvalue weighted by atomic mass is 32.2. The number of hydrogen-bond acceptors (Lipinski definition) is 7. The van der Waals surface area contributed by atoms with Crippen molar-refractivity contribution in [1.82, 2.24) is 4.98 Å². The average molecular weight is 349 g/mol. The van der Waals surface area contributed by atoms with E-state index < -0.39 is 23.7 Å². The van der Waals surface area contributed by atoms with E-state index in [0.717, 1.165) is 11.1 Å². The molecule has 2 aromatic rings. The topological polar surface area (TPSA) is 92.0 Å². The molecule has 2 heterocycles. The lowest BCUT2D eigenvalue weighted by Gasteiger charge is -2.34. The van der Waals surface area contributed by atoms with E-state index in [0.29, 0.717) is 17.4 Å². The maximum Gasteiger partial charge on any atom is 0.221 e. The summed E-state index contributed by atoms with van der Waals surface area (Å²) in [5.74, 6) is 1.37. The van der Waals surface area contributed by atoms with Gasteiger partial charge in [0.1, 0.15) is 18.0 Å². The highest BCUT2D eigenvalue weighted by Crippen LogP contribution is 2.33. The lowest BCUT2D eigenvalue weighted by Crippen LogP contribution is -2.50. The summed E-state index contributed by atoms with van der Waals surface area (Å²) >= 11 is 1.27. The molecule has 0 bridgehead atoms. The van der Waals surface area contributed by atoms with Gasteiger partial charge in [0, 0.05) is 17.5 Å². The van der Waals surface area contributed by atoms with Crippen LogP contribution >= 0.6 is 11.8 Å². The number of rotatable bonds is 4. The van der Waals surface area contributed by atoms with Gasteiger partial charge in [-0.25, -0.2) is 4.98 Å². The lowest BCUT2D eigenvalue weighted by molar-refractivity contribution is -0.0786. The largest absolute Gasteiger partial charge is 0.481 e. The second-order valence-corrected chi connectivity index (χ2v) is 6.59. The van der Waals surface area contributed by atoms with Gasteiger partial charge in [0.15, 0.2) is 5.44 Å². The van der Waals surface area contributed by atoms with E-state index in [1.165, 1.54) is 11.8 Å². The second-order valence-electron chi connectivity index (χ2n) is 5.46. The van der Waals surface area contributed by atoms with E-state index in [2.05, 4.69) is 4.98 Å². The number of nitrogens with zero attached hydrogens (tertiary/aromatic N) is 1. The van der Waals surface area contributed by atoms with Crippen molar-refractivity contribution in [3.8, 4) is 22.8 Å². The molecule has 0 radical (unpaired) electrons. The first-order valence-corrected chi connectivity index (χ1v) is 8.57. The van der Waals surface area contributed by atoms with Gasteiger partial charge in [-0.2, -0.15) is 0 Å². The molecule has 3 rings (SSSR count). The van der Waals surface area contributed by atoms with Crippen LogP contribution in [0.15, 0.2) is 42.6 Å². The molecule has 1 fully saturated rings. The Balaban J connectivity index is 1.81. The Bertz CT molecular complexity index is 698. The van der Waals surface area contributed by atoms with Crippen LogP contribution in [-0.4, -0.2) is 56.9 Å². The van der Waals surface area contributed by atoms with Crippen molar-refractivity contribution in [2.75, 3.05) is 12.9 Å². The molecule has 3 N–H and O–H groups in total. The van der Waals surface area contributed by atoms with Crippen LogP contribution in [0, 0.1) is 0 Å². The second kappa shape index (κ2) is 7.40. The first-order chi connectivity index (χ1) is 11.6. The van der Waals surface area contributed by atoms with Crippen LogP contribution in [0.3, 0.4) is 0 Å². The molecule has 0 unspecified atom stereocenters. The molecule has 1 aliphatic heterocycles. The van der Waals surface area contributed by atoms with Crippen molar-refractivity contribution in [1.29, 1.82) is 0 Å². The molecule has 0 aliphatic carbocycles. The highest BCUT2D eigenvalue weighted by Gasteiger charge is 2.38. The Kier molecular flexibility index (Phi) is 5.25. The van der Waals surface area contributed by atoms with E-state index >= 15 is 0 Å². The van der Waals surface area contributed by atoms with Gasteiger partial charge in [0.2, 0.25) is 5.88 Å². The Morgan fingerprint density at radius 1 is 1.12 bits per heavy atom. The van der Waals surface area contributed by atoms with E-state index in [1.807, 2.05) is 30.3 Å². The minimum absolute atomic E-state index is 0.305. The standard InChI is InChI=1S/C17H19NO5S/c1-22-16-12(6-3-7-18-16)10-4-2-5-11(8-10)23-17-15(21)14(20)13(19)9-24-17/h2-8,13-15,17,19-21H,9H2,1H3/t13-,14+,15-,17+/m1/s1. The van der Waals surface area contributed by atoms with Gasteiger partial charge in [-0.1, -0.05) is 12.1 Å². The first-order valence-electron chi connectivity index (χ1n) is 7.52. The molecule has 1 aliphatic rings. The number of methoxy groups -OCH3 is 1. The summed E-state index contributed by atoms with van der Waals surface area (Å²) in [5, 5.41) is 29.4. The van der Waals surface area contributed by atoms with Gasteiger partial charge in [-0.15, -0.1) is 11.8 Å². The molecule has 0 saturated carbocycles. The summed E-state index contributed by atoms with van der Waals surface area (Å²) in [6.07, 6.45) is -1.66. The fourth-order valence-electron chi connectivity index (χ4n) is 2.53. The van der Waals surface area contributed by atoms with Gasteiger partial charge < -0.3 is 24.8 Å². The van der Waals surface area contributed by atoms with Crippen LogP contribution in [0.2, 0.25) is 0 Å². The third-order valence-electron chi connectivity index (χ3n) is 3.82. The third-order valence-corrected chi connectivity index (χ3v) is 5.05. The van der Waals surface area contributed by atoms with E-state index in [4.69, 9.17) is 9.47 Å². The van der Waals surface area contributed by atoms with Crippen LogP contribution in [0.4, 0.5) is 0 Å². The van der Waals surface area contributed by atoms with Gasteiger partial charge in [-0.3, -0.25) is 0 Å². The van der Waals surface area contributed by atoms with Crippen molar-refractivity contribution in [2.45, 2.75) is 23.7 Å². The Hall–Kier alpha value is -1.80. The molecule has 24 heavy (non-hydrogen) atoms. The predicted molar refractivity (Wildman–Crippen MR) is 91.1 cm³/mol. The zero-order valence-electron chi connectivity index (χ0n) is 13.1. The molecule has 0 amide bonds. The summed E-state index contributed by atoms with van der Waals surface area (Å²) in [7, 11) is 1.56. The van der Waals surface area contributed by atoms with Crippen molar-refractivity contribution >= 4 is 11.8 Å². The number of pyridine rings is 1. The van der Waals surface area contributed by atoms with Gasteiger partial charge in [0.05, 0.1) is 13.2 Å². The first kappa shape index (κ1) is 17.0. The van der Waals surface area contributed by atoms with Crippen molar-refractivity contribution in [3.63, 3.8) is 0 Å². The van der Waals surface area contributed by atoms with Crippen LogP contribution in [0.25, 0.3) is 11.1 Å². The van der Waals surface area contributed by atoms with Gasteiger partial charge in [-0.05, 0) is 29.8 Å². The normalized spacial score (nSPS) is 26.8. The molecule has 1 saturated heterocycles. The maximum absolute atomic E-state index is 10.1. The summed E-state index contributed by atoms with van der Waals surface area (Å²) in [4.78, 5) is 4.18. The average Bonchev–Trinajstić information content (AvgIpc) is 2.62. The maximum atomic E-state index is 10.1. The van der Waals surface area contributed by atoms with Crippen LogP contribution in [-0.2, 0) is 0 Å². The minimum Gasteiger partial charge on any atom is -0.481 e. The number of aromatic nitrogens is 1. The third kappa shape index (κ3) is 3.49. The monoisotopic (exact) mass is 349 g/mol. The molecule has 128 valence electrons. The number of ether oxygens (including phenoxy) is 2. The van der Waals surface area contributed by atoms with Crippen molar-refractivity contribution in [2.24, 2.45) is 0 Å². The molecule has 1 aromatic heterocycles. The molecular weight excluding hydrogens is 330 g/mol. The van der Waals surface area contributed by atoms with E-state index in [9.17, 15) is 15.3 Å². The molecule has 7 heteroatoms. The molecule has 6 nitrogen and oxygen atoms in total. The Morgan fingerprint density at radius 3 is 2.75 bits per heavy atom. The number of aliphatic hydroxyl groups is 3.